The van der Waals surface area contributed by atoms with E-state index in [2.05, 4.69) is 4.98 Å². The number of nitrogens with one attached hydrogen (secondary N) is 1. The Hall–Kier alpha value is -0.590. The second-order valence-corrected chi connectivity index (χ2v) is 9.13. The maximum Gasteiger partial charge on any atom is 0.380 e. The summed E-state index contributed by atoms with van der Waals surface area (Å²) in [5.74, 6) is 0. The second-order valence-electron chi connectivity index (χ2n) is 4.85. The smallest absolute Gasteiger partial charge is 0.349 e. The Morgan fingerprint density at radius 1 is 1.57 bits per heavy atom. The molecule has 0 bridgehead atoms. The Bertz CT molecular complexity index is 669. The lowest BCUT2D eigenvalue weighted by molar-refractivity contribution is -0.0949. The first kappa shape index (κ1) is 16.8. The number of rotatable bonds is 5. The van der Waals surface area contributed by atoms with E-state index in [1.165, 1.54) is 16.8 Å². The minimum absolute atomic E-state index is 0.0254. The van der Waals surface area contributed by atoms with Crippen molar-refractivity contribution in [2.24, 2.45) is 0 Å². The Morgan fingerprint density at radius 2 is 2.29 bits per heavy atom. The van der Waals surface area contributed by atoms with Crippen molar-refractivity contribution in [3.8, 4) is 0 Å². The Morgan fingerprint density at radius 3 is 2.86 bits per heavy atom. The molecule has 1 aliphatic heterocycles. The maximum atomic E-state index is 11.8. The monoisotopic (exact) mass is 356 g/mol. The molecule has 7 nitrogen and oxygen atoms in total. The molecule has 0 spiro atoms. The van der Waals surface area contributed by atoms with Crippen molar-refractivity contribution >= 4 is 28.6 Å². The summed E-state index contributed by atoms with van der Waals surface area (Å²) in [6, 6.07) is 1.25. The predicted octanol–water partition coefficient (Wildman–Crippen LogP) is 2.60. The van der Waals surface area contributed by atoms with Crippen LogP contribution in [0.3, 0.4) is 0 Å². The standard InChI is InChI=1S/C11H15Cl2N2O5P/c1-2-11(7-19-21(12,13)18)5-3-9(20-11)15-6-4-8(16)14-10(15)17/h4,6,9H,2-3,5,7H2,1H3,(H,14,16,17)/t9-,11+/m1/s1. The zero-order chi connectivity index (χ0) is 15.7. The predicted molar refractivity (Wildman–Crippen MR) is 79.0 cm³/mol. The quantitative estimate of drug-likeness (QED) is 0.818. The molecule has 0 saturated carbocycles. The lowest BCUT2D eigenvalue weighted by Gasteiger charge is -2.28. The summed E-state index contributed by atoms with van der Waals surface area (Å²) in [5.41, 5.74) is -1.72. The average Bonchev–Trinajstić information content (AvgIpc) is 2.81. The molecule has 0 unspecified atom stereocenters. The Labute approximate surface area is 130 Å². The lowest BCUT2D eigenvalue weighted by atomic mass is 9.98. The van der Waals surface area contributed by atoms with Crippen molar-refractivity contribution in [3.05, 3.63) is 33.1 Å². The van der Waals surface area contributed by atoms with Crippen molar-refractivity contribution in [2.45, 2.75) is 38.0 Å². The van der Waals surface area contributed by atoms with Crippen LogP contribution in [0.5, 0.6) is 0 Å². The van der Waals surface area contributed by atoms with Crippen molar-refractivity contribution in [1.29, 1.82) is 0 Å². The maximum absolute atomic E-state index is 11.8. The second kappa shape index (κ2) is 6.26. The normalized spacial score (nSPS) is 26.1. The van der Waals surface area contributed by atoms with Gasteiger partial charge in [-0.3, -0.25) is 18.9 Å². The van der Waals surface area contributed by atoms with Crippen LogP contribution in [0, 0.1) is 0 Å². The fraction of sp³-hybridized carbons (Fsp3) is 0.636. The van der Waals surface area contributed by atoms with Gasteiger partial charge in [0.15, 0.2) is 0 Å². The van der Waals surface area contributed by atoms with Gasteiger partial charge in [-0.05, 0) is 41.7 Å². The topological polar surface area (TPSA) is 90.4 Å². The van der Waals surface area contributed by atoms with Crippen LogP contribution in [-0.2, 0) is 13.8 Å². The highest BCUT2D eigenvalue weighted by molar-refractivity contribution is 8.05. The van der Waals surface area contributed by atoms with Crippen molar-refractivity contribution in [1.82, 2.24) is 9.55 Å². The van der Waals surface area contributed by atoms with E-state index in [-0.39, 0.29) is 6.61 Å². The van der Waals surface area contributed by atoms with Crippen molar-refractivity contribution in [2.75, 3.05) is 6.61 Å². The Kier molecular flexibility index (Phi) is 5.00. The molecular formula is C11H15Cl2N2O5P. The van der Waals surface area contributed by atoms with Crippen LogP contribution in [0.4, 0.5) is 0 Å². The van der Waals surface area contributed by atoms with E-state index < -0.39 is 29.2 Å². The van der Waals surface area contributed by atoms with E-state index in [1.54, 1.807) is 0 Å². The van der Waals surface area contributed by atoms with E-state index in [0.29, 0.717) is 19.3 Å². The minimum atomic E-state index is -3.63. The van der Waals surface area contributed by atoms with Crippen LogP contribution in [-0.4, -0.2) is 21.8 Å². The van der Waals surface area contributed by atoms with Crippen LogP contribution in [0.1, 0.15) is 32.4 Å². The Balaban J connectivity index is 2.15. The van der Waals surface area contributed by atoms with Gasteiger partial charge in [-0.15, -0.1) is 0 Å². The summed E-state index contributed by atoms with van der Waals surface area (Å²) in [6.45, 7) is 1.86. The summed E-state index contributed by atoms with van der Waals surface area (Å²) in [5, 5.41) is 0. The SMILES string of the molecule is CC[C@@]1(COP(=O)(Cl)Cl)CC[C@H](n2ccc(=O)[nH]c2=O)O1. The lowest BCUT2D eigenvalue weighted by Crippen LogP contribution is -2.36. The highest BCUT2D eigenvalue weighted by Gasteiger charge is 2.41. The molecule has 1 fully saturated rings. The van der Waals surface area contributed by atoms with Gasteiger partial charge in [-0.25, -0.2) is 4.79 Å². The van der Waals surface area contributed by atoms with Gasteiger partial charge >= 0.3 is 11.8 Å². The summed E-state index contributed by atoms with van der Waals surface area (Å²) >= 11 is 10.7. The molecule has 0 radical (unpaired) electrons. The molecule has 0 aromatic carbocycles. The fourth-order valence-electron chi connectivity index (χ4n) is 2.30. The number of aromatic amines is 1. The van der Waals surface area contributed by atoms with E-state index in [1.807, 2.05) is 6.92 Å². The third-order valence-electron chi connectivity index (χ3n) is 3.52. The van der Waals surface area contributed by atoms with Crippen LogP contribution >= 0.6 is 28.6 Å². The van der Waals surface area contributed by atoms with Crippen LogP contribution < -0.4 is 11.2 Å². The number of hydrogen-bond donors (Lipinski definition) is 1. The van der Waals surface area contributed by atoms with Gasteiger partial charge in [0.1, 0.15) is 6.23 Å². The summed E-state index contributed by atoms with van der Waals surface area (Å²) in [6.07, 6.45) is -1.05. The highest BCUT2D eigenvalue weighted by Crippen LogP contribution is 2.58. The summed E-state index contributed by atoms with van der Waals surface area (Å²) < 4.78 is 23.4. The average molecular weight is 357 g/mol. The van der Waals surface area contributed by atoms with Crippen molar-refractivity contribution < 1.29 is 13.8 Å². The number of H-pyrrole nitrogens is 1. The number of hydrogen-bond acceptors (Lipinski definition) is 5. The van der Waals surface area contributed by atoms with Gasteiger partial charge in [-0.2, -0.15) is 0 Å². The fourth-order valence-corrected chi connectivity index (χ4v) is 2.98. The van der Waals surface area contributed by atoms with Crippen LogP contribution in [0.2, 0.25) is 0 Å². The van der Waals surface area contributed by atoms with Gasteiger partial charge in [0, 0.05) is 12.3 Å². The molecule has 0 amide bonds. The third-order valence-corrected chi connectivity index (χ3v) is 4.53. The van der Waals surface area contributed by atoms with Crippen molar-refractivity contribution in [3.63, 3.8) is 0 Å². The number of halogens is 2. The molecule has 1 saturated heterocycles. The van der Waals surface area contributed by atoms with Gasteiger partial charge < -0.3 is 9.26 Å². The molecule has 10 heteroatoms. The summed E-state index contributed by atoms with van der Waals surface area (Å²) in [4.78, 5) is 25.0. The first-order valence-electron chi connectivity index (χ1n) is 6.38. The zero-order valence-corrected chi connectivity index (χ0v) is 13.7. The first-order chi connectivity index (χ1) is 9.75. The molecule has 2 rings (SSSR count). The van der Waals surface area contributed by atoms with Crippen LogP contribution in [0.25, 0.3) is 0 Å². The van der Waals surface area contributed by atoms with Gasteiger partial charge in [0.05, 0.1) is 12.2 Å². The molecule has 1 aromatic heterocycles. The van der Waals surface area contributed by atoms with Gasteiger partial charge in [-0.1, -0.05) is 6.92 Å². The number of aromatic nitrogens is 2. The molecule has 2 atom stereocenters. The highest BCUT2D eigenvalue weighted by atomic mass is 35.9. The van der Waals surface area contributed by atoms with E-state index in [0.717, 1.165) is 0 Å². The molecule has 0 aliphatic carbocycles. The first-order valence-corrected chi connectivity index (χ1v) is 9.81. The molecule has 1 aromatic rings. The van der Waals surface area contributed by atoms with E-state index in [4.69, 9.17) is 31.7 Å². The molecule has 1 N–H and O–H groups in total. The van der Waals surface area contributed by atoms with E-state index >= 15 is 0 Å². The number of ether oxygens (including phenoxy) is 1. The summed E-state index contributed by atoms with van der Waals surface area (Å²) in [7, 11) is 0. The molecule has 118 valence electrons. The van der Waals surface area contributed by atoms with E-state index in [9.17, 15) is 14.2 Å². The van der Waals surface area contributed by atoms with Crippen LogP contribution in [0.15, 0.2) is 21.9 Å². The van der Waals surface area contributed by atoms with Gasteiger partial charge in [0.2, 0.25) is 0 Å². The molecule has 2 heterocycles. The molecular weight excluding hydrogens is 342 g/mol. The number of nitrogens with zero attached hydrogens (tertiary/aromatic N) is 1. The van der Waals surface area contributed by atoms with Gasteiger partial charge in [0.25, 0.3) is 5.56 Å². The largest absolute Gasteiger partial charge is 0.380 e. The minimum Gasteiger partial charge on any atom is -0.349 e. The molecule has 21 heavy (non-hydrogen) atoms. The molecule has 1 aliphatic rings. The zero-order valence-electron chi connectivity index (χ0n) is 11.3. The third kappa shape index (κ3) is 4.20.